The Morgan fingerprint density at radius 3 is 2.48 bits per heavy atom. The molecule has 0 aliphatic heterocycles. The summed E-state index contributed by atoms with van der Waals surface area (Å²) in [5, 5.41) is 3.22. The molecule has 1 atom stereocenters. The number of ether oxygens (including phenoxy) is 1. The van der Waals surface area contributed by atoms with Crippen molar-refractivity contribution in [2.75, 3.05) is 12.3 Å². The molecular formula is C19H21ClN2O3. The molecule has 132 valence electrons. The Balaban J connectivity index is 1.87. The lowest BCUT2D eigenvalue weighted by molar-refractivity contribution is -0.124. The van der Waals surface area contributed by atoms with E-state index in [-0.39, 0.29) is 29.8 Å². The molecule has 0 aliphatic rings. The van der Waals surface area contributed by atoms with Gasteiger partial charge in [0.1, 0.15) is 0 Å². The quantitative estimate of drug-likeness (QED) is 0.610. The van der Waals surface area contributed by atoms with E-state index < -0.39 is 5.97 Å². The molecule has 0 fully saturated rings. The predicted molar refractivity (Wildman–Crippen MR) is 98.5 cm³/mol. The van der Waals surface area contributed by atoms with Crippen LogP contribution >= 0.6 is 11.6 Å². The number of aryl methyl sites for hydroxylation is 1. The number of esters is 1. The van der Waals surface area contributed by atoms with E-state index in [1.54, 1.807) is 0 Å². The van der Waals surface area contributed by atoms with E-state index in [1.165, 1.54) is 23.8 Å². The number of benzene rings is 2. The molecule has 0 aliphatic carbocycles. The zero-order valence-electron chi connectivity index (χ0n) is 14.2. The number of hydrogen-bond acceptors (Lipinski definition) is 4. The van der Waals surface area contributed by atoms with Crippen LogP contribution in [-0.4, -0.2) is 18.5 Å². The largest absolute Gasteiger partial charge is 0.452 e. The third kappa shape index (κ3) is 5.22. The second-order valence-electron chi connectivity index (χ2n) is 5.69. The van der Waals surface area contributed by atoms with Crippen LogP contribution in [0.4, 0.5) is 5.69 Å². The van der Waals surface area contributed by atoms with Gasteiger partial charge in [-0.1, -0.05) is 42.8 Å². The molecule has 0 radical (unpaired) electrons. The minimum atomic E-state index is -0.663. The van der Waals surface area contributed by atoms with Gasteiger partial charge in [0.25, 0.3) is 5.91 Å². The lowest BCUT2D eigenvalue weighted by atomic mass is 10.1. The van der Waals surface area contributed by atoms with Gasteiger partial charge in [-0.3, -0.25) is 4.79 Å². The molecule has 0 aromatic heterocycles. The van der Waals surface area contributed by atoms with Gasteiger partial charge >= 0.3 is 5.97 Å². The number of nitrogens with one attached hydrogen (secondary N) is 1. The summed E-state index contributed by atoms with van der Waals surface area (Å²) in [4.78, 5) is 24.0. The second-order valence-corrected chi connectivity index (χ2v) is 6.13. The first-order chi connectivity index (χ1) is 11.9. The molecule has 2 aromatic carbocycles. The van der Waals surface area contributed by atoms with E-state index >= 15 is 0 Å². The average molecular weight is 361 g/mol. The topological polar surface area (TPSA) is 81.4 Å². The molecule has 1 amide bonds. The first kappa shape index (κ1) is 18.8. The van der Waals surface area contributed by atoms with Gasteiger partial charge in [0, 0.05) is 10.7 Å². The van der Waals surface area contributed by atoms with Crippen LogP contribution < -0.4 is 11.1 Å². The van der Waals surface area contributed by atoms with Gasteiger partial charge in [-0.25, -0.2) is 4.79 Å². The van der Waals surface area contributed by atoms with Crippen molar-refractivity contribution in [2.24, 2.45) is 0 Å². The van der Waals surface area contributed by atoms with E-state index in [0.29, 0.717) is 5.02 Å². The molecule has 0 heterocycles. The van der Waals surface area contributed by atoms with Crippen LogP contribution in [0, 0.1) is 0 Å². The number of carbonyl (C=O) groups is 2. The van der Waals surface area contributed by atoms with E-state index in [4.69, 9.17) is 22.1 Å². The Kier molecular flexibility index (Phi) is 6.42. The molecule has 5 nitrogen and oxygen atoms in total. The van der Waals surface area contributed by atoms with Crippen molar-refractivity contribution >= 4 is 29.2 Å². The molecule has 0 saturated carbocycles. The third-order valence-electron chi connectivity index (χ3n) is 3.83. The van der Waals surface area contributed by atoms with Crippen LogP contribution in [-0.2, 0) is 16.0 Å². The van der Waals surface area contributed by atoms with E-state index in [2.05, 4.69) is 12.2 Å². The molecule has 0 bridgehead atoms. The summed E-state index contributed by atoms with van der Waals surface area (Å²) < 4.78 is 5.01. The monoisotopic (exact) mass is 360 g/mol. The first-order valence-corrected chi connectivity index (χ1v) is 8.38. The lowest BCUT2D eigenvalue weighted by Crippen LogP contribution is -2.31. The standard InChI is InChI=1S/C19H21ClN2O3/c1-3-13-4-6-14(7-5-13)12(2)22-18(23)11-25-19(24)16-9-8-15(20)10-17(16)21/h4-10,12H,3,11,21H2,1-2H3,(H,22,23). The van der Waals surface area contributed by atoms with Crippen LogP contribution in [0.5, 0.6) is 0 Å². The maximum absolute atomic E-state index is 12.0. The smallest absolute Gasteiger partial charge is 0.340 e. The summed E-state index contributed by atoms with van der Waals surface area (Å²) in [7, 11) is 0. The van der Waals surface area contributed by atoms with Gasteiger partial charge in [0.2, 0.25) is 0 Å². The summed E-state index contributed by atoms with van der Waals surface area (Å²) in [6.45, 7) is 3.58. The number of nitrogen functional groups attached to an aromatic ring is 1. The maximum atomic E-state index is 12.0. The minimum Gasteiger partial charge on any atom is -0.452 e. The van der Waals surface area contributed by atoms with E-state index in [1.807, 2.05) is 31.2 Å². The summed E-state index contributed by atoms with van der Waals surface area (Å²) in [5.74, 6) is -1.04. The number of anilines is 1. The van der Waals surface area contributed by atoms with Crippen molar-refractivity contribution in [3.8, 4) is 0 Å². The molecule has 6 heteroatoms. The molecule has 2 aromatic rings. The van der Waals surface area contributed by atoms with Crippen molar-refractivity contribution in [1.29, 1.82) is 0 Å². The van der Waals surface area contributed by atoms with Gasteiger partial charge in [0.15, 0.2) is 6.61 Å². The van der Waals surface area contributed by atoms with Crippen LogP contribution in [0.1, 0.15) is 41.4 Å². The Bertz CT molecular complexity index is 760. The first-order valence-electron chi connectivity index (χ1n) is 8.01. The Hall–Kier alpha value is -2.53. The molecule has 25 heavy (non-hydrogen) atoms. The van der Waals surface area contributed by atoms with Crippen molar-refractivity contribution in [3.05, 3.63) is 64.2 Å². The molecule has 3 N–H and O–H groups in total. The predicted octanol–water partition coefficient (Wildman–Crippen LogP) is 3.52. The van der Waals surface area contributed by atoms with E-state index in [0.717, 1.165) is 12.0 Å². The molecule has 2 rings (SSSR count). The van der Waals surface area contributed by atoms with Crippen molar-refractivity contribution in [2.45, 2.75) is 26.3 Å². The Morgan fingerprint density at radius 2 is 1.88 bits per heavy atom. The number of nitrogens with two attached hydrogens (primary N) is 1. The lowest BCUT2D eigenvalue weighted by Gasteiger charge is -2.15. The second kappa shape index (κ2) is 8.53. The van der Waals surface area contributed by atoms with Crippen LogP contribution in [0.2, 0.25) is 5.02 Å². The highest BCUT2D eigenvalue weighted by Gasteiger charge is 2.15. The summed E-state index contributed by atoms with van der Waals surface area (Å²) in [6, 6.07) is 12.3. The van der Waals surface area contributed by atoms with Crippen molar-refractivity contribution in [3.63, 3.8) is 0 Å². The van der Waals surface area contributed by atoms with Crippen molar-refractivity contribution in [1.82, 2.24) is 5.32 Å². The van der Waals surface area contributed by atoms with Crippen molar-refractivity contribution < 1.29 is 14.3 Å². The molecule has 0 spiro atoms. The molecular weight excluding hydrogens is 340 g/mol. The maximum Gasteiger partial charge on any atom is 0.340 e. The fraction of sp³-hybridized carbons (Fsp3) is 0.263. The third-order valence-corrected chi connectivity index (χ3v) is 4.07. The number of hydrogen-bond donors (Lipinski definition) is 2. The number of halogens is 1. The number of amides is 1. The zero-order chi connectivity index (χ0) is 18.4. The van der Waals surface area contributed by atoms with Crippen LogP contribution in [0.25, 0.3) is 0 Å². The highest BCUT2D eigenvalue weighted by molar-refractivity contribution is 6.31. The fourth-order valence-electron chi connectivity index (χ4n) is 2.34. The normalized spacial score (nSPS) is 11.6. The van der Waals surface area contributed by atoms with Gasteiger partial charge in [-0.05, 0) is 42.7 Å². The summed E-state index contributed by atoms with van der Waals surface area (Å²) in [6.07, 6.45) is 0.963. The molecule has 0 saturated heterocycles. The SMILES string of the molecule is CCc1ccc(C(C)NC(=O)COC(=O)c2ccc(Cl)cc2N)cc1. The van der Waals surface area contributed by atoms with E-state index in [9.17, 15) is 9.59 Å². The van der Waals surface area contributed by atoms with Gasteiger partial charge in [-0.2, -0.15) is 0 Å². The summed E-state index contributed by atoms with van der Waals surface area (Å²) in [5.41, 5.74) is 8.33. The Labute approximate surface area is 152 Å². The highest BCUT2D eigenvalue weighted by atomic mass is 35.5. The fourth-order valence-corrected chi connectivity index (χ4v) is 2.52. The summed E-state index contributed by atoms with van der Waals surface area (Å²) >= 11 is 5.79. The Morgan fingerprint density at radius 1 is 1.20 bits per heavy atom. The average Bonchev–Trinajstić information content (AvgIpc) is 2.59. The van der Waals surface area contributed by atoms with Crippen LogP contribution in [0.15, 0.2) is 42.5 Å². The minimum absolute atomic E-state index is 0.181. The zero-order valence-corrected chi connectivity index (χ0v) is 15.0. The highest BCUT2D eigenvalue weighted by Crippen LogP contribution is 2.19. The van der Waals surface area contributed by atoms with Crippen LogP contribution in [0.3, 0.4) is 0 Å². The number of rotatable bonds is 6. The van der Waals surface area contributed by atoms with Gasteiger partial charge in [0.05, 0.1) is 11.6 Å². The van der Waals surface area contributed by atoms with Gasteiger partial charge < -0.3 is 15.8 Å². The van der Waals surface area contributed by atoms with Gasteiger partial charge in [-0.15, -0.1) is 0 Å². The molecule has 1 unspecified atom stereocenters. The number of carbonyl (C=O) groups excluding carboxylic acids is 2.